The van der Waals surface area contributed by atoms with Crippen molar-refractivity contribution in [1.82, 2.24) is 9.47 Å². The second-order valence-corrected chi connectivity index (χ2v) is 9.71. The smallest absolute Gasteiger partial charge is 0.264 e. The first-order valence-electron chi connectivity index (χ1n) is 12.5. The second-order valence-electron chi connectivity index (χ2n) is 9.71. The van der Waals surface area contributed by atoms with Gasteiger partial charge in [-0.2, -0.15) is 0 Å². The van der Waals surface area contributed by atoms with Crippen LogP contribution in [0.5, 0.6) is 0 Å². The number of anilines is 3. The van der Waals surface area contributed by atoms with Crippen molar-refractivity contribution in [2.75, 3.05) is 54.4 Å². The number of nitrogens with one attached hydrogen (secondary N) is 1. The van der Waals surface area contributed by atoms with E-state index >= 15 is 4.39 Å². The van der Waals surface area contributed by atoms with Gasteiger partial charge in [0.2, 0.25) is 11.3 Å². The van der Waals surface area contributed by atoms with E-state index in [1.165, 1.54) is 11.0 Å². The third kappa shape index (κ3) is 3.83. The normalized spacial score (nSPS) is 18.3. The van der Waals surface area contributed by atoms with Gasteiger partial charge in [0, 0.05) is 43.8 Å². The molecule has 0 unspecified atom stereocenters. The van der Waals surface area contributed by atoms with Gasteiger partial charge in [0.25, 0.3) is 5.91 Å². The predicted octanol–water partition coefficient (Wildman–Crippen LogP) is 3.22. The average Bonchev–Trinajstić information content (AvgIpc) is 3.73. The number of likely N-dealkylation sites (N-methyl/N-ethyl adjacent to an activating group) is 1. The van der Waals surface area contributed by atoms with Gasteiger partial charge in [-0.1, -0.05) is 19.1 Å². The second kappa shape index (κ2) is 8.74. The van der Waals surface area contributed by atoms with Crippen molar-refractivity contribution in [2.45, 2.75) is 25.8 Å². The maximum Gasteiger partial charge on any atom is 0.264 e. The standard InChI is InChI=1S/C27H28FN5O3/c1-2-30-9-11-31(12-10-30)24-14-23-18(13-20(24)28)26(35)19(15-32(23)17-7-8-17)27(36)33-16-25(34)29-21-5-3-4-6-22(21)33/h3-6,13-15,17H,2,7-12,16H2,1H3,(H,29,34). The van der Waals surface area contributed by atoms with Gasteiger partial charge in [0.15, 0.2) is 0 Å². The fourth-order valence-electron chi connectivity index (χ4n) is 5.27. The number of amides is 2. The number of piperazine rings is 1. The third-order valence-electron chi connectivity index (χ3n) is 7.45. The van der Waals surface area contributed by atoms with Gasteiger partial charge < -0.3 is 19.7 Å². The minimum absolute atomic E-state index is 0.0531. The summed E-state index contributed by atoms with van der Waals surface area (Å²) >= 11 is 0. The lowest BCUT2D eigenvalue weighted by molar-refractivity contribution is -0.115. The van der Waals surface area contributed by atoms with Crippen LogP contribution in [-0.4, -0.2) is 60.5 Å². The number of hydrogen-bond donors (Lipinski definition) is 1. The van der Waals surface area contributed by atoms with E-state index < -0.39 is 17.2 Å². The Kier molecular flexibility index (Phi) is 5.52. The molecule has 2 aliphatic heterocycles. The van der Waals surface area contributed by atoms with Crippen LogP contribution < -0.4 is 20.5 Å². The predicted molar refractivity (Wildman–Crippen MR) is 138 cm³/mol. The van der Waals surface area contributed by atoms with Crippen molar-refractivity contribution in [1.29, 1.82) is 0 Å². The van der Waals surface area contributed by atoms with Gasteiger partial charge in [-0.05, 0) is 43.7 Å². The van der Waals surface area contributed by atoms with Crippen molar-refractivity contribution < 1.29 is 14.0 Å². The van der Waals surface area contributed by atoms with E-state index in [0.717, 1.165) is 45.6 Å². The molecular weight excluding hydrogens is 461 g/mol. The molecule has 0 spiro atoms. The quantitative estimate of drug-likeness (QED) is 0.609. The van der Waals surface area contributed by atoms with Crippen LogP contribution >= 0.6 is 0 Å². The fourth-order valence-corrected chi connectivity index (χ4v) is 5.27. The number of benzene rings is 2. The zero-order valence-electron chi connectivity index (χ0n) is 20.2. The summed E-state index contributed by atoms with van der Waals surface area (Å²) in [6.45, 7) is 6.06. The Morgan fingerprint density at radius 3 is 2.53 bits per heavy atom. The van der Waals surface area contributed by atoms with E-state index in [4.69, 9.17) is 0 Å². The SMILES string of the molecule is CCN1CCN(c2cc3c(cc2F)c(=O)c(C(=O)N2CC(=O)Nc4ccccc42)cn3C2CC2)CC1. The fraction of sp³-hybridized carbons (Fsp3) is 0.370. The van der Waals surface area contributed by atoms with Crippen molar-refractivity contribution in [3.8, 4) is 0 Å². The molecule has 0 radical (unpaired) electrons. The lowest BCUT2D eigenvalue weighted by Gasteiger charge is -2.35. The summed E-state index contributed by atoms with van der Waals surface area (Å²) in [7, 11) is 0. The summed E-state index contributed by atoms with van der Waals surface area (Å²) < 4.78 is 17.3. The zero-order valence-corrected chi connectivity index (χ0v) is 20.2. The van der Waals surface area contributed by atoms with E-state index in [2.05, 4.69) is 17.1 Å². The largest absolute Gasteiger partial charge is 0.367 e. The molecule has 2 aromatic carbocycles. The molecular formula is C27H28FN5O3. The van der Waals surface area contributed by atoms with Gasteiger partial charge in [-0.15, -0.1) is 0 Å². The van der Waals surface area contributed by atoms with Crippen LogP contribution in [0.3, 0.4) is 0 Å². The van der Waals surface area contributed by atoms with Gasteiger partial charge in [-0.25, -0.2) is 4.39 Å². The van der Waals surface area contributed by atoms with Gasteiger partial charge in [0.1, 0.15) is 17.9 Å². The molecule has 3 heterocycles. The number of carbonyl (C=O) groups is 2. The Morgan fingerprint density at radius 1 is 1.06 bits per heavy atom. The molecule has 2 fully saturated rings. The third-order valence-corrected chi connectivity index (χ3v) is 7.45. The highest BCUT2D eigenvalue weighted by atomic mass is 19.1. The number of aromatic nitrogens is 1. The first-order valence-corrected chi connectivity index (χ1v) is 12.5. The molecule has 8 nitrogen and oxygen atoms in total. The molecule has 6 rings (SSSR count). The van der Waals surface area contributed by atoms with E-state index in [1.807, 2.05) is 9.47 Å². The van der Waals surface area contributed by atoms with Crippen LogP contribution in [0.1, 0.15) is 36.2 Å². The van der Waals surface area contributed by atoms with Crippen LogP contribution in [-0.2, 0) is 4.79 Å². The Hall–Kier alpha value is -3.72. The van der Waals surface area contributed by atoms with E-state index in [9.17, 15) is 14.4 Å². The number of para-hydroxylation sites is 2. The maximum absolute atomic E-state index is 15.4. The Bertz CT molecular complexity index is 1440. The lowest BCUT2D eigenvalue weighted by atomic mass is 10.1. The first-order chi connectivity index (χ1) is 17.4. The molecule has 1 aliphatic carbocycles. The highest BCUT2D eigenvalue weighted by Gasteiger charge is 2.32. The monoisotopic (exact) mass is 489 g/mol. The van der Waals surface area contributed by atoms with Gasteiger partial charge in [0.05, 0.1) is 22.6 Å². The van der Waals surface area contributed by atoms with E-state index in [1.54, 1.807) is 36.5 Å². The highest BCUT2D eigenvalue weighted by Crippen LogP contribution is 2.38. The number of halogens is 1. The van der Waals surface area contributed by atoms with Crippen LogP contribution in [0.2, 0.25) is 0 Å². The first kappa shape index (κ1) is 22.7. The molecule has 36 heavy (non-hydrogen) atoms. The Morgan fingerprint density at radius 2 is 1.81 bits per heavy atom. The molecule has 0 atom stereocenters. The summed E-state index contributed by atoms with van der Waals surface area (Å²) in [6, 6.07) is 10.2. The molecule has 3 aliphatic rings. The van der Waals surface area contributed by atoms with E-state index in [-0.39, 0.29) is 29.4 Å². The van der Waals surface area contributed by atoms with Crippen LogP contribution in [0, 0.1) is 5.82 Å². The number of rotatable bonds is 4. The topological polar surface area (TPSA) is 77.9 Å². The summed E-state index contributed by atoms with van der Waals surface area (Å²) in [4.78, 5) is 45.2. The number of carbonyl (C=O) groups excluding carboxylic acids is 2. The van der Waals surface area contributed by atoms with E-state index in [0.29, 0.717) is 22.6 Å². The zero-order chi connectivity index (χ0) is 25.0. The lowest BCUT2D eigenvalue weighted by Crippen LogP contribution is -2.46. The summed E-state index contributed by atoms with van der Waals surface area (Å²) in [5, 5.41) is 2.95. The molecule has 186 valence electrons. The molecule has 1 saturated heterocycles. The maximum atomic E-state index is 15.4. The Labute approximate surface area is 207 Å². The minimum atomic E-state index is -0.557. The number of pyridine rings is 1. The number of nitrogens with zero attached hydrogens (tertiary/aromatic N) is 4. The molecule has 3 aromatic rings. The van der Waals surface area contributed by atoms with Gasteiger partial charge >= 0.3 is 0 Å². The molecule has 9 heteroatoms. The molecule has 0 bridgehead atoms. The number of fused-ring (bicyclic) bond motifs is 2. The summed E-state index contributed by atoms with van der Waals surface area (Å²) in [6.07, 6.45) is 3.47. The van der Waals surface area contributed by atoms with Crippen LogP contribution in [0.4, 0.5) is 21.5 Å². The van der Waals surface area contributed by atoms with Crippen LogP contribution in [0.25, 0.3) is 10.9 Å². The van der Waals surface area contributed by atoms with Crippen molar-refractivity contribution in [2.24, 2.45) is 0 Å². The molecule has 1 aromatic heterocycles. The molecule has 1 saturated carbocycles. The van der Waals surface area contributed by atoms with Crippen molar-refractivity contribution in [3.05, 3.63) is 64.2 Å². The Balaban J connectivity index is 1.44. The highest BCUT2D eigenvalue weighted by molar-refractivity contribution is 6.15. The number of hydrogen-bond acceptors (Lipinski definition) is 5. The summed E-state index contributed by atoms with van der Waals surface area (Å²) in [5.74, 6) is -1.35. The minimum Gasteiger partial charge on any atom is -0.367 e. The van der Waals surface area contributed by atoms with Crippen molar-refractivity contribution >= 4 is 39.8 Å². The van der Waals surface area contributed by atoms with Gasteiger partial charge in [-0.3, -0.25) is 19.3 Å². The van der Waals surface area contributed by atoms with Crippen LogP contribution in [0.15, 0.2) is 47.4 Å². The average molecular weight is 490 g/mol. The summed E-state index contributed by atoms with van der Waals surface area (Å²) in [5.41, 5.74) is 1.62. The van der Waals surface area contributed by atoms with Crippen molar-refractivity contribution in [3.63, 3.8) is 0 Å². The molecule has 2 amide bonds. The molecule has 1 N–H and O–H groups in total.